The number of piperazine rings is 1. The number of nitrogens with one attached hydrogen (secondary N) is 1. The number of rotatable bonds is 5. The van der Waals surface area contributed by atoms with Crippen LogP contribution in [0.15, 0.2) is 60.7 Å². The highest BCUT2D eigenvalue weighted by Crippen LogP contribution is 2.31. The van der Waals surface area contributed by atoms with Crippen LogP contribution in [0.5, 0.6) is 0 Å². The lowest BCUT2D eigenvalue weighted by Gasteiger charge is -2.38. The van der Waals surface area contributed by atoms with E-state index >= 15 is 0 Å². The van der Waals surface area contributed by atoms with Gasteiger partial charge in [0.2, 0.25) is 0 Å². The van der Waals surface area contributed by atoms with E-state index < -0.39 is 5.97 Å². The maximum Gasteiger partial charge on any atom is 0.335 e. The molecule has 0 aliphatic carbocycles. The molecule has 33 heavy (non-hydrogen) atoms. The zero-order valence-electron chi connectivity index (χ0n) is 18.0. The van der Waals surface area contributed by atoms with E-state index in [1.54, 1.807) is 36.4 Å². The van der Waals surface area contributed by atoms with Crippen LogP contribution in [0, 0.1) is 6.92 Å². The average Bonchev–Trinajstić information content (AvgIpc) is 2.81. The van der Waals surface area contributed by atoms with E-state index in [1.165, 1.54) is 6.07 Å². The van der Waals surface area contributed by atoms with Gasteiger partial charge in [-0.05, 0) is 67.1 Å². The lowest BCUT2D eigenvalue weighted by molar-refractivity contribution is 0.0696. The fourth-order valence-corrected chi connectivity index (χ4v) is 4.24. The van der Waals surface area contributed by atoms with Crippen LogP contribution >= 0.6 is 23.2 Å². The summed E-state index contributed by atoms with van der Waals surface area (Å²) in [5.41, 5.74) is 4.06. The van der Waals surface area contributed by atoms with Crippen LogP contribution in [0.3, 0.4) is 0 Å². The van der Waals surface area contributed by atoms with E-state index in [4.69, 9.17) is 23.2 Å². The third-order valence-corrected chi connectivity index (χ3v) is 6.22. The van der Waals surface area contributed by atoms with E-state index in [2.05, 4.69) is 22.0 Å². The number of hydrogen-bond acceptors (Lipinski definition) is 4. The summed E-state index contributed by atoms with van der Waals surface area (Å²) in [4.78, 5) is 28.8. The van der Waals surface area contributed by atoms with Crippen LogP contribution < -0.4 is 15.1 Å². The molecule has 4 rings (SSSR count). The number of aromatic carboxylic acids is 1. The molecule has 0 radical (unpaired) electrons. The van der Waals surface area contributed by atoms with Crippen molar-refractivity contribution in [2.45, 2.75) is 6.92 Å². The molecule has 1 amide bonds. The van der Waals surface area contributed by atoms with Gasteiger partial charge >= 0.3 is 5.97 Å². The number of anilines is 3. The van der Waals surface area contributed by atoms with Gasteiger partial charge in [0.1, 0.15) is 0 Å². The number of aryl methyl sites for hydroxylation is 1. The Morgan fingerprint density at radius 2 is 1.36 bits per heavy atom. The van der Waals surface area contributed by atoms with Crippen molar-refractivity contribution in [3.8, 4) is 0 Å². The van der Waals surface area contributed by atoms with Crippen LogP contribution in [0.2, 0.25) is 10.0 Å². The van der Waals surface area contributed by atoms with Crippen molar-refractivity contribution in [1.29, 1.82) is 0 Å². The molecule has 8 heteroatoms. The number of nitrogens with zero attached hydrogens (tertiary/aromatic N) is 2. The predicted octanol–water partition coefficient (Wildman–Crippen LogP) is 5.58. The Hall–Kier alpha value is -3.22. The SMILES string of the molecule is Cc1ccc(Cl)cc1N1CCN(c2ccc(C(=O)O)cc2NC(=O)c2ccc(Cl)cc2)CC1. The fourth-order valence-electron chi connectivity index (χ4n) is 3.95. The van der Waals surface area contributed by atoms with E-state index in [0.29, 0.717) is 34.4 Å². The molecule has 3 aromatic rings. The maximum absolute atomic E-state index is 12.8. The molecule has 2 N–H and O–H groups in total. The highest BCUT2D eigenvalue weighted by molar-refractivity contribution is 6.31. The molecule has 1 saturated heterocycles. The highest BCUT2D eigenvalue weighted by Gasteiger charge is 2.22. The van der Waals surface area contributed by atoms with Crippen molar-refractivity contribution in [2.75, 3.05) is 41.3 Å². The van der Waals surface area contributed by atoms with Gasteiger partial charge in [0.25, 0.3) is 5.91 Å². The Morgan fingerprint density at radius 1 is 0.788 bits per heavy atom. The number of carbonyl (C=O) groups is 2. The van der Waals surface area contributed by atoms with Crippen molar-refractivity contribution in [1.82, 2.24) is 0 Å². The Kier molecular flexibility index (Phi) is 6.77. The Balaban J connectivity index is 1.56. The third-order valence-electron chi connectivity index (χ3n) is 5.73. The molecule has 0 saturated carbocycles. The van der Waals surface area contributed by atoms with Gasteiger partial charge in [-0.15, -0.1) is 0 Å². The molecule has 1 aliphatic rings. The van der Waals surface area contributed by atoms with Gasteiger partial charge in [0.05, 0.1) is 16.9 Å². The van der Waals surface area contributed by atoms with Crippen molar-refractivity contribution < 1.29 is 14.7 Å². The zero-order valence-corrected chi connectivity index (χ0v) is 19.5. The number of benzene rings is 3. The van der Waals surface area contributed by atoms with E-state index in [0.717, 1.165) is 30.0 Å². The molecular weight excluding hydrogens is 461 g/mol. The second-order valence-corrected chi connectivity index (χ2v) is 8.78. The van der Waals surface area contributed by atoms with Gasteiger partial charge in [0.15, 0.2) is 0 Å². The molecule has 6 nitrogen and oxygen atoms in total. The first-order valence-electron chi connectivity index (χ1n) is 10.5. The molecule has 0 bridgehead atoms. The first kappa shape index (κ1) is 23.0. The van der Waals surface area contributed by atoms with Crippen molar-refractivity contribution in [3.63, 3.8) is 0 Å². The van der Waals surface area contributed by atoms with E-state index in [9.17, 15) is 14.7 Å². The Bertz CT molecular complexity index is 1190. The summed E-state index contributed by atoms with van der Waals surface area (Å²) < 4.78 is 0. The normalized spacial score (nSPS) is 13.7. The van der Waals surface area contributed by atoms with Gasteiger partial charge in [-0.3, -0.25) is 4.79 Å². The Labute approximate surface area is 202 Å². The standard InChI is InChI=1S/C25H23Cl2N3O3/c1-16-2-6-20(27)15-23(16)30-12-10-29(11-13-30)22-9-5-18(25(32)33)14-21(22)28-24(31)17-3-7-19(26)8-4-17/h2-9,14-15H,10-13H2,1H3,(H,28,31)(H,32,33). The van der Waals surface area contributed by atoms with Crippen molar-refractivity contribution in [3.05, 3.63) is 87.4 Å². The number of carboxylic acids is 1. The molecule has 0 unspecified atom stereocenters. The molecule has 1 fully saturated rings. The smallest absolute Gasteiger partial charge is 0.335 e. The maximum atomic E-state index is 12.8. The third kappa shape index (κ3) is 5.24. The van der Waals surface area contributed by atoms with Gasteiger partial charge in [-0.25, -0.2) is 4.79 Å². The molecule has 0 atom stereocenters. The van der Waals surface area contributed by atoms with Crippen LogP contribution in [0.4, 0.5) is 17.1 Å². The number of carbonyl (C=O) groups excluding carboxylic acids is 1. The lowest BCUT2D eigenvalue weighted by Crippen LogP contribution is -2.47. The summed E-state index contributed by atoms with van der Waals surface area (Å²) in [5.74, 6) is -1.38. The highest BCUT2D eigenvalue weighted by atomic mass is 35.5. The van der Waals surface area contributed by atoms with Gasteiger partial charge in [0, 0.05) is 47.5 Å². The average molecular weight is 484 g/mol. The molecule has 170 valence electrons. The fraction of sp³-hybridized carbons (Fsp3) is 0.200. The molecule has 0 aromatic heterocycles. The summed E-state index contributed by atoms with van der Waals surface area (Å²) in [6.45, 7) is 5.02. The number of hydrogen-bond donors (Lipinski definition) is 2. The first-order chi connectivity index (χ1) is 15.8. The number of amides is 1. The summed E-state index contributed by atoms with van der Waals surface area (Å²) in [6.07, 6.45) is 0. The second-order valence-electron chi connectivity index (χ2n) is 7.90. The largest absolute Gasteiger partial charge is 0.478 e. The molecule has 1 heterocycles. The lowest BCUT2D eigenvalue weighted by atomic mass is 10.1. The summed E-state index contributed by atoms with van der Waals surface area (Å²) >= 11 is 12.1. The minimum absolute atomic E-state index is 0.110. The summed E-state index contributed by atoms with van der Waals surface area (Å²) in [7, 11) is 0. The van der Waals surface area contributed by atoms with Crippen molar-refractivity contribution in [2.24, 2.45) is 0 Å². The second kappa shape index (κ2) is 9.73. The van der Waals surface area contributed by atoms with E-state index in [1.807, 2.05) is 18.2 Å². The van der Waals surface area contributed by atoms with Gasteiger partial charge in [-0.2, -0.15) is 0 Å². The topological polar surface area (TPSA) is 72.9 Å². The predicted molar refractivity (Wildman–Crippen MR) is 133 cm³/mol. The molecule has 1 aliphatic heterocycles. The van der Waals surface area contributed by atoms with Gasteiger partial charge < -0.3 is 20.2 Å². The minimum Gasteiger partial charge on any atom is -0.478 e. The van der Waals surface area contributed by atoms with Crippen molar-refractivity contribution >= 4 is 52.1 Å². The molecule has 0 spiro atoms. The monoisotopic (exact) mass is 483 g/mol. The zero-order chi connectivity index (χ0) is 23.5. The van der Waals surface area contributed by atoms with Crippen LogP contribution in [-0.4, -0.2) is 43.2 Å². The quantitative estimate of drug-likeness (QED) is 0.495. The first-order valence-corrected chi connectivity index (χ1v) is 11.3. The van der Waals surface area contributed by atoms with Gasteiger partial charge in [-0.1, -0.05) is 29.3 Å². The van der Waals surface area contributed by atoms with E-state index in [-0.39, 0.29) is 11.5 Å². The van der Waals surface area contributed by atoms with Crippen LogP contribution in [-0.2, 0) is 0 Å². The molecular formula is C25H23Cl2N3O3. The summed E-state index contributed by atoms with van der Waals surface area (Å²) in [6, 6.07) is 17.2. The van der Waals surface area contributed by atoms with Crippen LogP contribution in [0.25, 0.3) is 0 Å². The van der Waals surface area contributed by atoms with Crippen LogP contribution in [0.1, 0.15) is 26.3 Å². The number of halogens is 2. The minimum atomic E-state index is -1.05. The number of carboxylic acid groups (broad SMARTS) is 1. The summed E-state index contributed by atoms with van der Waals surface area (Å²) in [5, 5.41) is 13.6. The molecule has 3 aromatic carbocycles. The Morgan fingerprint density at radius 3 is 2.00 bits per heavy atom.